The van der Waals surface area contributed by atoms with E-state index >= 15 is 0 Å². The number of hydrogen-bond donors (Lipinski definition) is 0. The highest BCUT2D eigenvalue weighted by atomic mass is 32.2. The van der Waals surface area contributed by atoms with Crippen molar-refractivity contribution in [2.45, 2.75) is 30.6 Å². The van der Waals surface area contributed by atoms with Crippen molar-refractivity contribution in [2.24, 2.45) is 0 Å². The third-order valence-corrected chi connectivity index (χ3v) is 5.93. The van der Waals surface area contributed by atoms with Crippen LogP contribution < -0.4 is 0 Å². The molecule has 1 saturated heterocycles. The monoisotopic (exact) mass is 318 g/mol. The Balaban J connectivity index is 1.74. The molecule has 2 aromatic heterocycles. The molecule has 7 heteroatoms. The Hall–Kier alpha value is -1.86. The van der Waals surface area contributed by atoms with Gasteiger partial charge in [-0.2, -0.15) is 4.31 Å². The molecule has 0 spiro atoms. The molecule has 1 fully saturated rings. The topological polar surface area (TPSA) is 76.1 Å². The van der Waals surface area contributed by atoms with Gasteiger partial charge in [-0.1, -0.05) is 0 Å². The van der Waals surface area contributed by atoms with Crippen molar-refractivity contribution >= 4 is 10.0 Å². The molecule has 3 heterocycles. The molecule has 0 atom stereocenters. The van der Waals surface area contributed by atoms with Crippen LogP contribution in [0.1, 0.15) is 30.0 Å². The molecule has 0 saturated carbocycles. The van der Waals surface area contributed by atoms with E-state index in [0.29, 0.717) is 19.0 Å². The van der Waals surface area contributed by atoms with Crippen LogP contribution in [0.3, 0.4) is 0 Å². The van der Waals surface area contributed by atoms with E-state index in [1.165, 1.54) is 10.5 Å². The SMILES string of the molecule is Cc1cncnc1C1CCN(S(=O)(=O)c2cccnc2)CC1. The second kappa shape index (κ2) is 6.10. The highest BCUT2D eigenvalue weighted by Crippen LogP contribution is 2.30. The fourth-order valence-corrected chi connectivity index (χ4v) is 4.29. The summed E-state index contributed by atoms with van der Waals surface area (Å²) < 4.78 is 26.7. The Labute approximate surface area is 130 Å². The van der Waals surface area contributed by atoms with Gasteiger partial charge in [-0.25, -0.2) is 18.4 Å². The lowest BCUT2D eigenvalue weighted by Gasteiger charge is -2.31. The lowest BCUT2D eigenvalue weighted by Crippen LogP contribution is -2.38. The van der Waals surface area contributed by atoms with Crippen LogP contribution in [0.2, 0.25) is 0 Å². The van der Waals surface area contributed by atoms with Crippen molar-refractivity contribution in [1.82, 2.24) is 19.3 Å². The fraction of sp³-hybridized carbons (Fsp3) is 0.400. The van der Waals surface area contributed by atoms with Gasteiger partial charge in [0.15, 0.2) is 0 Å². The Bertz CT molecular complexity index is 741. The van der Waals surface area contributed by atoms with Crippen molar-refractivity contribution < 1.29 is 8.42 Å². The van der Waals surface area contributed by atoms with Gasteiger partial charge in [0.05, 0.1) is 0 Å². The van der Waals surface area contributed by atoms with Gasteiger partial charge in [-0.15, -0.1) is 0 Å². The third-order valence-electron chi connectivity index (χ3n) is 4.05. The molecule has 116 valence electrons. The van der Waals surface area contributed by atoms with Crippen LogP contribution in [0.4, 0.5) is 0 Å². The number of piperidine rings is 1. The molecule has 0 aliphatic carbocycles. The molecule has 3 rings (SSSR count). The zero-order chi connectivity index (χ0) is 15.6. The van der Waals surface area contributed by atoms with Gasteiger partial charge >= 0.3 is 0 Å². The van der Waals surface area contributed by atoms with Crippen molar-refractivity contribution in [3.05, 3.63) is 48.3 Å². The quantitative estimate of drug-likeness (QED) is 0.862. The normalized spacial score (nSPS) is 17.5. The molecule has 2 aromatic rings. The average Bonchev–Trinajstić information content (AvgIpc) is 2.56. The summed E-state index contributed by atoms with van der Waals surface area (Å²) in [4.78, 5) is 12.5. The Morgan fingerprint density at radius 3 is 2.59 bits per heavy atom. The van der Waals surface area contributed by atoms with Gasteiger partial charge in [-0.05, 0) is 37.5 Å². The molecule has 0 unspecified atom stereocenters. The van der Waals surface area contributed by atoms with Gasteiger partial charge in [0.1, 0.15) is 11.2 Å². The minimum absolute atomic E-state index is 0.256. The number of pyridine rings is 1. The van der Waals surface area contributed by atoms with Crippen LogP contribution >= 0.6 is 0 Å². The molecule has 22 heavy (non-hydrogen) atoms. The van der Waals surface area contributed by atoms with Crippen LogP contribution in [0.25, 0.3) is 0 Å². The van der Waals surface area contributed by atoms with Crippen molar-refractivity contribution in [2.75, 3.05) is 13.1 Å². The van der Waals surface area contributed by atoms with Gasteiger partial charge in [0.2, 0.25) is 10.0 Å². The lowest BCUT2D eigenvalue weighted by molar-refractivity contribution is 0.316. The number of aryl methyl sites for hydroxylation is 1. The third kappa shape index (κ3) is 2.86. The zero-order valence-electron chi connectivity index (χ0n) is 12.4. The molecule has 0 radical (unpaired) electrons. The summed E-state index contributed by atoms with van der Waals surface area (Å²) in [7, 11) is -3.44. The van der Waals surface area contributed by atoms with Crippen LogP contribution in [-0.2, 0) is 10.0 Å². The molecule has 0 bridgehead atoms. The minimum atomic E-state index is -3.44. The van der Waals surface area contributed by atoms with Gasteiger partial charge in [-0.3, -0.25) is 4.98 Å². The molecular weight excluding hydrogens is 300 g/mol. The molecule has 1 aliphatic heterocycles. The predicted octanol–water partition coefficient (Wildman–Crippen LogP) is 1.75. The maximum atomic E-state index is 12.6. The van der Waals surface area contributed by atoms with Crippen molar-refractivity contribution in [3.8, 4) is 0 Å². The Morgan fingerprint density at radius 1 is 1.18 bits per heavy atom. The molecule has 0 amide bonds. The van der Waals surface area contributed by atoms with E-state index in [-0.39, 0.29) is 4.90 Å². The van der Waals surface area contributed by atoms with E-state index in [2.05, 4.69) is 15.0 Å². The molecule has 6 nitrogen and oxygen atoms in total. The van der Waals surface area contributed by atoms with E-state index in [1.54, 1.807) is 30.9 Å². The summed E-state index contributed by atoms with van der Waals surface area (Å²) in [5.74, 6) is 0.295. The van der Waals surface area contributed by atoms with Gasteiger partial charge in [0.25, 0.3) is 0 Å². The molecular formula is C15H18N4O2S. The number of hydrogen-bond acceptors (Lipinski definition) is 5. The smallest absolute Gasteiger partial charge is 0.244 e. The number of aromatic nitrogens is 3. The lowest BCUT2D eigenvalue weighted by atomic mass is 9.92. The maximum Gasteiger partial charge on any atom is 0.244 e. The van der Waals surface area contributed by atoms with Crippen LogP contribution in [0.15, 0.2) is 41.9 Å². The number of sulfonamides is 1. The molecule has 0 N–H and O–H groups in total. The fourth-order valence-electron chi connectivity index (χ4n) is 2.85. The maximum absolute atomic E-state index is 12.6. The van der Waals surface area contributed by atoms with Crippen molar-refractivity contribution in [1.29, 1.82) is 0 Å². The van der Waals surface area contributed by atoms with E-state index in [4.69, 9.17) is 0 Å². The summed E-state index contributed by atoms with van der Waals surface area (Å²) in [6, 6.07) is 3.23. The molecule has 1 aliphatic rings. The number of rotatable bonds is 3. The second-order valence-electron chi connectivity index (χ2n) is 5.46. The predicted molar refractivity (Wildman–Crippen MR) is 81.7 cm³/mol. The first kappa shape index (κ1) is 15.1. The Kier molecular flexibility index (Phi) is 4.17. The first-order chi connectivity index (χ1) is 10.6. The summed E-state index contributed by atoms with van der Waals surface area (Å²) in [6.07, 6.45) is 7.88. The summed E-state index contributed by atoms with van der Waals surface area (Å²) in [5, 5.41) is 0. The minimum Gasteiger partial charge on any atom is -0.263 e. The highest BCUT2D eigenvalue weighted by molar-refractivity contribution is 7.89. The zero-order valence-corrected chi connectivity index (χ0v) is 13.2. The molecule has 0 aromatic carbocycles. The first-order valence-electron chi connectivity index (χ1n) is 7.25. The first-order valence-corrected chi connectivity index (χ1v) is 8.70. The standard InChI is InChI=1S/C15H18N4O2S/c1-12-9-17-11-18-15(12)13-4-7-19(8-5-13)22(20,21)14-3-2-6-16-10-14/h2-3,6,9-11,13H,4-5,7-8H2,1H3. The number of nitrogens with zero attached hydrogens (tertiary/aromatic N) is 4. The van der Waals surface area contributed by atoms with E-state index in [1.807, 2.05) is 6.92 Å². The van der Waals surface area contributed by atoms with Gasteiger partial charge < -0.3 is 0 Å². The van der Waals surface area contributed by atoms with E-state index in [0.717, 1.165) is 24.1 Å². The summed E-state index contributed by atoms with van der Waals surface area (Å²) in [6.45, 7) is 3.00. The van der Waals surface area contributed by atoms with Crippen molar-refractivity contribution in [3.63, 3.8) is 0 Å². The van der Waals surface area contributed by atoms with E-state index in [9.17, 15) is 8.42 Å². The van der Waals surface area contributed by atoms with E-state index < -0.39 is 10.0 Å². The summed E-state index contributed by atoms with van der Waals surface area (Å²) in [5.41, 5.74) is 2.10. The second-order valence-corrected chi connectivity index (χ2v) is 7.40. The van der Waals surface area contributed by atoms with Crippen LogP contribution in [0.5, 0.6) is 0 Å². The van der Waals surface area contributed by atoms with Crippen LogP contribution in [0, 0.1) is 6.92 Å². The average molecular weight is 318 g/mol. The summed E-state index contributed by atoms with van der Waals surface area (Å²) >= 11 is 0. The Morgan fingerprint density at radius 2 is 1.95 bits per heavy atom. The largest absolute Gasteiger partial charge is 0.263 e. The van der Waals surface area contributed by atoms with Crippen LogP contribution in [-0.4, -0.2) is 40.8 Å². The highest BCUT2D eigenvalue weighted by Gasteiger charge is 2.30. The van der Waals surface area contributed by atoms with Gasteiger partial charge in [0, 0.05) is 43.3 Å².